The maximum Gasteiger partial charge on any atom is 0.339 e. The van der Waals surface area contributed by atoms with Gasteiger partial charge in [0.05, 0.1) is 10.5 Å². The van der Waals surface area contributed by atoms with Crippen molar-refractivity contribution in [1.29, 1.82) is 0 Å². The van der Waals surface area contributed by atoms with E-state index in [2.05, 4.69) is 15.9 Å². The maximum absolute atomic E-state index is 11.9. The molecule has 0 atom stereocenters. The Kier molecular flexibility index (Phi) is 4.11. The molecule has 0 aromatic heterocycles. The van der Waals surface area contributed by atoms with Crippen LogP contribution in [0.25, 0.3) is 0 Å². The topological polar surface area (TPSA) is 69.4 Å². The van der Waals surface area contributed by atoms with E-state index < -0.39 is 16.5 Å². The molecule has 0 radical (unpaired) electrons. The monoisotopic (exact) mass is 315 g/mol. The van der Waals surface area contributed by atoms with Gasteiger partial charge in [-0.2, -0.15) is 0 Å². The van der Waals surface area contributed by atoms with Crippen molar-refractivity contribution >= 4 is 27.6 Å². The van der Waals surface area contributed by atoms with Crippen molar-refractivity contribution in [3.63, 3.8) is 0 Å². The zero-order valence-electron chi connectivity index (χ0n) is 10.6. The highest BCUT2D eigenvalue weighted by atomic mass is 79.9. The number of rotatable bonds is 2. The van der Waals surface area contributed by atoms with Gasteiger partial charge in [0.15, 0.2) is 0 Å². The second kappa shape index (κ2) is 5.06. The molecule has 1 aromatic carbocycles. The summed E-state index contributed by atoms with van der Waals surface area (Å²) in [4.78, 5) is 22.3. The number of benzene rings is 1. The molecule has 0 fully saturated rings. The summed E-state index contributed by atoms with van der Waals surface area (Å²) in [6, 6.07) is 2.89. The van der Waals surface area contributed by atoms with Crippen LogP contribution in [0.4, 0.5) is 5.69 Å². The molecular weight excluding hydrogens is 302 g/mol. The lowest BCUT2D eigenvalue weighted by molar-refractivity contribution is -0.385. The van der Waals surface area contributed by atoms with Gasteiger partial charge >= 0.3 is 5.97 Å². The van der Waals surface area contributed by atoms with Gasteiger partial charge in [0, 0.05) is 16.1 Å². The fraction of sp³-hybridized carbons (Fsp3) is 0.417. The van der Waals surface area contributed by atoms with E-state index in [1.807, 2.05) is 0 Å². The minimum Gasteiger partial charge on any atom is -0.456 e. The number of nitrogens with zero attached hydrogens (tertiary/aromatic N) is 1. The summed E-state index contributed by atoms with van der Waals surface area (Å²) < 4.78 is 5.68. The van der Waals surface area contributed by atoms with Gasteiger partial charge < -0.3 is 4.74 Å². The number of nitro groups is 1. The highest BCUT2D eigenvalue weighted by Crippen LogP contribution is 2.28. The number of ether oxygens (including phenoxy) is 1. The van der Waals surface area contributed by atoms with E-state index in [1.165, 1.54) is 19.1 Å². The lowest BCUT2D eigenvalue weighted by Crippen LogP contribution is -2.24. The Bertz CT molecular complexity index is 506. The van der Waals surface area contributed by atoms with Crippen molar-refractivity contribution in [2.24, 2.45) is 0 Å². The lowest BCUT2D eigenvalue weighted by atomic mass is 10.1. The maximum atomic E-state index is 11.9. The number of hydrogen-bond donors (Lipinski definition) is 0. The molecule has 1 rings (SSSR count). The van der Waals surface area contributed by atoms with Crippen molar-refractivity contribution in [3.8, 4) is 0 Å². The van der Waals surface area contributed by atoms with Gasteiger partial charge in [0.25, 0.3) is 5.69 Å². The first-order valence-electron chi connectivity index (χ1n) is 5.29. The van der Waals surface area contributed by atoms with E-state index in [1.54, 1.807) is 20.8 Å². The fourth-order valence-electron chi connectivity index (χ4n) is 1.40. The van der Waals surface area contributed by atoms with Gasteiger partial charge in [-0.05, 0) is 33.8 Å². The molecule has 98 valence electrons. The van der Waals surface area contributed by atoms with Gasteiger partial charge in [-0.25, -0.2) is 4.79 Å². The molecule has 0 spiro atoms. The Hall–Kier alpha value is -1.43. The van der Waals surface area contributed by atoms with Crippen LogP contribution >= 0.6 is 15.9 Å². The third-order valence-electron chi connectivity index (χ3n) is 2.16. The van der Waals surface area contributed by atoms with E-state index in [4.69, 9.17) is 4.74 Å². The largest absolute Gasteiger partial charge is 0.456 e. The van der Waals surface area contributed by atoms with Crippen LogP contribution in [0.5, 0.6) is 0 Å². The number of carbonyl (C=O) groups excluding carboxylic acids is 1. The molecule has 0 aliphatic heterocycles. The number of nitro benzene ring substituents is 1. The summed E-state index contributed by atoms with van der Waals surface area (Å²) >= 11 is 3.15. The van der Waals surface area contributed by atoms with Crippen molar-refractivity contribution < 1.29 is 14.5 Å². The highest BCUT2D eigenvalue weighted by Gasteiger charge is 2.24. The minimum atomic E-state index is -0.638. The van der Waals surface area contributed by atoms with Crippen molar-refractivity contribution in [2.45, 2.75) is 33.3 Å². The first-order chi connectivity index (χ1) is 8.11. The van der Waals surface area contributed by atoms with E-state index in [0.29, 0.717) is 10.0 Å². The molecule has 0 N–H and O–H groups in total. The first-order valence-corrected chi connectivity index (χ1v) is 6.09. The Balaban J connectivity index is 3.25. The van der Waals surface area contributed by atoms with Gasteiger partial charge in [0.2, 0.25) is 0 Å². The van der Waals surface area contributed by atoms with Gasteiger partial charge in [0.1, 0.15) is 5.60 Å². The fourth-order valence-corrected chi connectivity index (χ4v) is 1.85. The van der Waals surface area contributed by atoms with E-state index >= 15 is 0 Å². The molecule has 0 unspecified atom stereocenters. The summed E-state index contributed by atoms with van der Waals surface area (Å²) in [7, 11) is 0. The van der Waals surface area contributed by atoms with Crippen LogP contribution < -0.4 is 0 Å². The van der Waals surface area contributed by atoms with E-state index in [0.717, 1.165) is 0 Å². The third-order valence-corrected chi connectivity index (χ3v) is 2.62. The van der Waals surface area contributed by atoms with Crippen LogP contribution in [-0.4, -0.2) is 16.5 Å². The summed E-state index contributed by atoms with van der Waals surface area (Å²) in [6.07, 6.45) is 0. The number of hydrogen-bond acceptors (Lipinski definition) is 4. The van der Waals surface area contributed by atoms with Crippen LogP contribution in [0.2, 0.25) is 0 Å². The van der Waals surface area contributed by atoms with Crippen molar-refractivity contribution in [2.75, 3.05) is 0 Å². The molecule has 0 aliphatic carbocycles. The molecular formula is C12H14BrNO4. The summed E-state index contributed by atoms with van der Waals surface area (Å²) in [6.45, 7) is 6.76. The predicted octanol–water partition coefficient (Wildman–Crippen LogP) is 3.62. The molecule has 6 heteroatoms. The molecule has 18 heavy (non-hydrogen) atoms. The third kappa shape index (κ3) is 3.53. The average molecular weight is 316 g/mol. The van der Waals surface area contributed by atoms with E-state index in [9.17, 15) is 14.9 Å². The second-order valence-corrected chi connectivity index (χ2v) is 5.77. The lowest BCUT2D eigenvalue weighted by Gasteiger charge is -2.20. The standard InChI is InChI=1S/C12H14BrNO4/c1-7-9(11(15)18-12(2,3)4)5-8(13)6-10(7)14(16)17/h5-6H,1-4H3. The quantitative estimate of drug-likeness (QED) is 0.475. The van der Waals surface area contributed by atoms with Gasteiger partial charge in [-0.3, -0.25) is 10.1 Å². The zero-order chi connectivity index (χ0) is 14.1. The molecule has 5 nitrogen and oxygen atoms in total. The Morgan fingerprint density at radius 2 is 1.94 bits per heavy atom. The highest BCUT2D eigenvalue weighted by molar-refractivity contribution is 9.10. The molecule has 0 saturated carbocycles. The Labute approximate surface area is 113 Å². The normalized spacial score (nSPS) is 11.2. The zero-order valence-corrected chi connectivity index (χ0v) is 12.2. The number of halogens is 1. The van der Waals surface area contributed by atoms with Crippen LogP contribution in [0, 0.1) is 17.0 Å². The van der Waals surface area contributed by atoms with Gasteiger partial charge in [-0.1, -0.05) is 15.9 Å². The average Bonchev–Trinajstić information content (AvgIpc) is 2.17. The minimum absolute atomic E-state index is 0.106. The molecule has 0 heterocycles. The van der Waals surface area contributed by atoms with Crippen LogP contribution in [0.3, 0.4) is 0 Å². The molecule has 0 aliphatic rings. The van der Waals surface area contributed by atoms with Crippen molar-refractivity contribution in [1.82, 2.24) is 0 Å². The first kappa shape index (κ1) is 14.6. The van der Waals surface area contributed by atoms with E-state index in [-0.39, 0.29) is 11.3 Å². The molecule has 0 amide bonds. The Morgan fingerprint density at radius 1 is 1.39 bits per heavy atom. The molecule has 1 aromatic rings. The number of carbonyl (C=O) groups is 1. The second-order valence-electron chi connectivity index (χ2n) is 4.86. The SMILES string of the molecule is Cc1c(C(=O)OC(C)(C)C)cc(Br)cc1[N+](=O)[O-]. The smallest absolute Gasteiger partial charge is 0.339 e. The van der Waals surface area contributed by atoms with Crippen LogP contribution in [0.1, 0.15) is 36.7 Å². The van der Waals surface area contributed by atoms with Crippen LogP contribution in [0.15, 0.2) is 16.6 Å². The number of esters is 1. The van der Waals surface area contributed by atoms with Crippen molar-refractivity contribution in [3.05, 3.63) is 37.8 Å². The summed E-state index contributed by atoms with van der Waals surface area (Å²) in [5.41, 5.74) is -0.241. The summed E-state index contributed by atoms with van der Waals surface area (Å²) in [5, 5.41) is 10.9. The van der Waals surface area contributed by atoms with Gasteiger partial charge in [-0.15, -0.1) is 0 Å². The molecule has 0 bridgehead atoms. The Morgan fingerprint density at radius 3 is 2.39 bits per heavy atom. The molecule has 0 saturated heterocycles. The van der Waals surface area contributed by atoms with Crippen LogP contribution in [-0.2, 0) is 4.74 Å². The predicted molar refractivity (Wildman–Crippen MR) is 70.7 cm³/mol. The summed E-state index contributed by atoms with van der Waals surface area (Å²) in [5.74, 6) is -0.565.